The SMILES string of the molecule is CCOc1c(F)cccc1-c1noc(C2CCCN2C(=O)c2cc(OC)c(F)cc2-n2nccn2)n1. The van der Waals surface area contributed by atoms with Crippen LogP contribution in [0.1, 0.15) is 42.1 Å². The molecular formula is C24H22F2N6O4. The lowest BCUT2D eigenvalue weighted by Crippen LogP contribution is -2.31. The van der Waals surface area contributed by atoms with E-state index in [0.717, 1.165) is 6.07 Å². The first-order chi connectivity index (χ1) is 17.5. The van der Waals surface area contributed by atoms with Crippen molar-refractivity contribution < 1.29 is 27.6 Å². The number of aromatic nitrogens is 5. The summed E-state index contributed by atoms with van der Waals surface area (Å²) in [6.45, 7) is 2.42. The van der Waals surface area contributed by atoms with E-state index in [-0.39, 0.29) is 41.1 Å². The topological polar surface area (TPSA) is 108 Å². The van der Waals surface area contributed by atoms with Gasteiger partial charge in [-0.25, -0.2) is 8.78 Å². The summed E-state index contributed by atoms with van der Waals surface area (Å²) < 4.78 is 44.9. The lowest BCUT2D eigenvalue weighted by atomic mass is 10.1. The summed E-state index contributed by atoms with van der Waals surface area (Å²) in [4.78, 5) is 20.9. The molecule has 0 saturated carbocycles. The second kappa shape index (κ2) is 9.72. The Balaban J connectivity index is 1.49. The first-order valence-corrected chi connectivity index (χ1v) is 11.3. The van der Waals surface area contributed by atoms with Crippen LogP contribution in [0.3, 0.4) is 0 Å². The maximum Gasteiger partial charge on any atom is 0.256 e. The molecule has 3 heterocycles. The standard InChI is InChI=1S/C24H22F2N6O4/c1-3-35-21-14(6-4-7-16(21)25)22-29-23(36-30-22)18-8-5-11-31(18)24(33)15-12-20(34-2)17(26)13-19(15)32-27-9-10-28-32/h4,6-7,9-10,12-13,18H,3,5,8,11H2,1-2H3. The predicted molar refractivity (Wildman–Crippen MR) is 122 cm³/mol. The fraction of sp³-hybridized carbons (Fsp3) is 0.292. The van der Waals surface area contributed by atoms with E-state index in [1.165, 1.54) is 42.5 Å². The molecule has 0 bridgehead atoms. The van der Waals surface area contributed by atoms with Gasteiger partial charge in [0.2, 0.25) is 11.7 Å². The molecular weight excluding hydrogens is 474 g/mol. The molecule has 12 heteroatoms. The van der Waals surface area contributed by atoms with E-state index in [9.17, 15) is 13.6 Å². The fourth-order valence-electron chi connectivity index (χ4n) is 4.25. The highest BCUT2D eigenvalue weighted by atomic mass is 19.1. The van der Waals surface area contributed by atoms with Gasteiger partial charge in [-0.15, -0.1) is 0 Å². The third kappa shape index (κ3) is 4.14. The highest BCUT2D eigenvalue weighted by molar-refractivity contribution is 5.98. The van der Waals surface area contributed by atoms with Gasteiger partial charge in [-0.3, -0.25) is 4.79 Å². The Bertz CT molecular complexity index is 1390. The maximum atomic E-state index is 14.5. The number of benzene rings is 2. The van der Waals surface area contributed by atoms with E-state index in [2.05, 4.69) is 20.3 Å². The van der Waals surface area contributed by atoms with Crippen molar-refractivity contribution in [2.24, 2.45) is 0 Å². The zero-order chi connectivity index (χ0) is 25.2. The number of nitrogens with zero attached hydrogens (tertiary/aromatic N) is 6. The average molecular weight is 496 g/mol. The van der Waals surface area contributed by atoms with Crippen molar-refractivity contribution in [3.05, 3.63) is 65.8 Å². The van der Waals surface area contributed by atoms with Crippen LogP contribution in [0, 0.1) is 11.6 Å². The monoisotopic (exact) mass is 496 g/mol. The molecule has 0 spiro atoms. The number of carbonyl (C=O) groups excluding carboxylic acids is 1. The number of amides is 1. The normalized spacial score (nSPS) is 15.3. The summed E-state index contributed by atoms with van der Waals surface area (Å²) in [6, 6.07) is 6.40. The summed E-state index contributed by atoms with van der Waals surface area (Å²) in [5, 5.41) is 12.1. The van der Waals surface area contributed by atoms with Crippen LogP contribution in [-0.4, -0.2) is 56.2 Å². The number of para-hydroxylation sites is 1. The summed E-state index contributed by atoms with van der Waals surface area (Å²) in [5.41, 5.74) is 0.666. The zero-order valence-electron chi connectivity index (χ0n) is 19.5. The molecule has 1 atom stereocenters. The molecule has 4 aromatic rings. The van der Waals surface area contributed by atoms with Gasteiger partial charge in [0.15, 0.2) is 23.1 Å². The second-order valence-electron chi connectivity index (χ2n) is 7.98. The second-order valence-corrected chi connectivity index (χ2v) is 7.98. The molecule has 186 valence electrons. The van der Waals surface area contributed by atoms with Gasteiger partial charge in [-0.05, 0) is 38.0 Å². The lowest BCUT2D eigenvalue weighted by molar-refractivity contribution is 0.0709. The number of hydrogen-bond donors (Lipinski definition) is 0. The van der Waals surface area contributed by atoms with E-state index >= 15 is 0 Å². The largest absolute Gasteiger partial charge is 0.494 e. The van der Waals surface area contributed by atoms with E-state index in [1.54, 1.807) is 17.9 Å². The molecule has 1 aliphatic rings. The molecule has 0 N–H and O–H groups in total. The molecule has 0 radical (unpaired) electrons. The predicted octanol–water partition coefficient (Wildman–Crippen LogP) is 3.98. The maximum absolute atomic E-state index is 14.5. The third-order valence-corrected chi connectivity index (χ3v) is 5.87. The Kier molecular flexibility index (Phi) is 6.32. The molecule has 1 amide bonds. The number of rotatable bonds is 7. The van der Waals surface area contributed by atoms with E-state index < -0.39 is 23.6 Å². The number of carbonyl (C=O) groups is 1. The van der Waals surface area contributed by atoms with Crippen molar-refractivity contribution in [3.63, 3.8) is 0 Å². The highest BCUT2D eigenvalue weighted by Crippen LogP contribution is 2.37. The summed E-state index contributed by atoms with van der Waals surface area (Å²) >= 11 is 0. The Labute approximate surface area is 204 Å². The van der Waals surface area contributed by atoms with Crippen molar-refractivity contribution in [1.29, 1.82) is 0 Å². The first-order valence-electron chi connectivity index (χ1n) is 11.3. The van der Waals surface area contributed by atoms with E-state index in [0.29, 0.717) is 24.9 Å². The molecule has 1 aliphatic heterocycles. The van der Waals surface area contributed by atoms with Gasteiger partial charge in [0, 0.05) is 12.6 Å². The molecule has 1 fully saturated rings. The first kappa shape index (κ1) is 23.4. The Morgan fingerprint density at radius 2 is 2.00 bits per heavy atom. The van der Waals surface area contributed by atoms with Gasteiger partial charge in [-0.1, -0.05) is 11.2 Å². The third-order valence-electron chi connectivity index (χ3n) is 5.87. The molecule has 1 unspecified atom stereocenters. The van der Waals surface area contributed by atoms with Crippen LogP contribution >= 0.6 is 0 Å². The van der Waals surface area contributed by atoms with Crippen LogP contribution in [0.2, 0.25) is 0 Å². The quantitative estimate of drug-likeness (QED) is 0.378. The Morgan fingerprint density at radius 3 is 2.75 bits per heavy atom. The minimum absolute atomic E-state index is 0.0291. The van der Waals surface area contributed by atoms with Crippen LogP contribution in [0.25, 0.3) is 17.1 Å². The van der Waals surface area contributed by atoms with Gasteiger partial charge in [0.1, 0.15) is 11.7 Å². The molecule has 36 heavy (non-hydrogen) atoms. The van der Waals surface area contributed by atoms with Gasteiger partial charge in [0.05, 0.1) is 37.2 Å². The summed E-state index contributed by atoms with van der Waals surface area (Å²) in [6.07, 6.45) is 4.12. The Morgan fingerprint density at radius 1 is 1.19 bits per heavy atom. The smallest absolute Gasteiger partial charge is 0.256 e. The average Bonchev–Trinajstić information content (AvgIpc) is 3.66. The van der Waals surface area contributed by atoms with Crippen molar-refractivity contribution in [2.45, 2.75) is 25.8 Å². The van der Waals surface area contributed by atoms with Crippen molar-refractivity contribution in [1.82, 2.24) is 30.0 Å². The number of halogens is 2. The number of ether oxygens (including phenoxy) is 2. The molecule has 5 rings (SSSR count). The fourth-order valence-corrected chi connectivity index (χ4v) is 4.25. The molecule has 1 saturated heterocycles. The Hall–Kier alpha value is -4.35. The van der Waals surface area contributed by atoms with E-state index in [1.807, 2.05) is 0 Å². The van der Waals surface area contributed by atoms with Crippen molar-refractivity contribution in [3.8, 4) is 28.6 Å². The van der Waals surface area contributed by atoms with Crippen molar-refractivity contribution >= 4 is 5.91 Å². The van der Waals surface area contributed by atoms with Crippen LogP contribution < -0.4 is 9.47 Å². The molecule has 0 aliphatic carbocycles. The zero-order valence-corrected chi connectivity index (χ0v) is 19.5. The highest BCUT2D eigenvalue weighted by Gasteiger charge is 2.36. The van der Waals surface area contributed by atoms with E-state index in [4.69, 9.17) is 14.0 Å². The minimum Gasteiger partial charge on any atom is -0.494 e. The number of likely N-dealkylation sites (tertiary alicyclic amines) is 1. The van der Waals surface area contributed by atoms with Crippen LogP contribution in [0.5, 0.6) is 11.5 Å². The van der Waals surface area contributed by atoms with Crippen molar-refractivity contribution in [2.75, 3.05) is 20.3 Å². The summed E-state index contributed by atoms with van der Waals surface area (Å²) in [5.74, 6) is -1.29. The van der Waals surface area contributed by atoms with Gasteiger partial charge in [-0.2, -0.15) is 20.0 Å². The number of hydrogen-bond acceptors (Lipinski definition) is 8. The lowest BCUT2D eigenvalue weighted by Gasteiger charge is -2.23. The summed E-state index contributed by atoms with van der Waals surface area (Å²) in [7, 11) is 1.32. The molecule has 10 nitrogen and oxygen atoms in total. The minimum atomic E-state index is -0.652. The van der Waals surface area contributed by atoms with Crippen LogP contribution in [0.15, 0.2) is 47.2 Å². The van der Waals surface area contributed by atoms with Gasteiger partial charge < -0.3 is 18.9 Å². The van der Waals surface area contributed by atoms with Crippen LogP contribution in [0.4, 0.5) is 8.78 Å². The molecule has 2 aromatic heterocycles. The van der Waals surface area contributed by atoms with Gasteiger partial charge >= 0.3 is 0 Å². The van der Waals surface area contributed by atoms with Crippen LogP contribution in [-0.2, 0) is 0 Å². The molecule has 2 aromatic carbocycles. The van der Waals surface area contributed by atoms with Gasteiger partial charge in [0.25, 0.3) is 5.91 Å². The number of methoxy groups -OCH3 is 1.